The standard InChI is InChI=1S/C10H10Cl2N4S/c11-7-2-1-3-8(12)6(7)4-9(15-13)10-5-14-16-17-10/h1-3,5,9,15H,4,13H2. The molecule has 7 heteroatoms. The van der Waals surface area contributed by atoms with Crippen LogP contribution >= 0.6 is 34.7 Å². The summed E-state index contributed by atoms with van der Waals surface area (Å²) in [7, 11) is 0. The smallest absolute Gasteiger partial charge is 0.0670 e. The van der Waals surface area contributed by atoms with Crippen LogP contribution in [0.15, 0.2) is 24.4 Å². The van der Waals surface area contributed by atoms with E-state index < -0.39 is 0 Å². The summed E-state index contributed by atoms with van der Waals surface area (Å²) in [5.41, 5.74) is 3.59. The molecule has 0 saturated heterocycles. The summed E-state index contributed by atoms with van der Waals surface area (Å²) >= 11 is 13.5. The second-order valence-corrected chi connectivity index (χ2v) is 5.08. The minimum Gasteiger partial charge on any atom is -0.271 e. The Hall–Kier alpha value is -0.720. The lowest BCUT2D eigenvalue weighted by Crippen LogP contribution is -2.29. The van der Waals surface area contributed by atoms with Gasteiger partial charge in [0.1, 0.15) is 0 Å². The molecule has 0 aliphatic carbocycles. The molecular weight excluding hydrogens is 279 g/mol. The number of hydrogen-bond donors (Lipinski definition) is 2. The number of hydrogen-bond acceptors (Lipinski definition) is 5. The summed E-state index contributed by atoms with van der Waals surface area (Å²) in [6.07, 6.45) is 2.28. The molecule has 1 aromatic carbocycles. The Morgan fingerprint density at radius 2 is 2.06 bits per heavy atom. The lowest BCUT2D eigenvalue weighted by atomic mass is 10.1. The Bertz CT molecular complexity index is 469. The SMILES string of the molecule is NNC(Cc1c(Cl)cccc1Cl)c1cnns1. The highest BCUT2D eigenvalue weighted by atomic mass is 35.5. The predicted octanol–water partition coefficient (Wildman–Crippen LogP) is 2.59. The van der Waals surface area contributed by atoms with E-state index in [1.54, 1.807) is 18.3 Å². The number of rotatable bonds is 4. The second kappa shape index (κ2) is 5.75. The zero-order valence-corrected chi connectivity index (χ0v) is 11.1. The Labute approximate surface area is 113 Å². The molecule has 2 aromatic rings. The molecule has 4 nitrogen and oxygen atoms in total. The van der Waals surface area contributed by atoms with Crippen LogP contribution in [0.4, 0.5) is 0 Å². The van der Waals surface area contributed by atoms with E-state index in [0.29, 0.717) is 16.5 Å². The highest BCUT2D eigenvalue weighted by Crippen LogP contribution is 2.29. The molecule has 0 amide bonds. The van der Waals surface area contributed by atoms with Crippen molar-refractivity contribution in [2.75, 3.05) is 0 Å². The first kappa shape index (κ1) is 12.7. The summed E-state index contributed by atoms with van der Waals surface area (Å²) in [6.45, 7) is 0. The monoisotopic (exact) mass is 288 g/mol. The molecular formula is C10H10Cl2N4S. The van der Waals surface area contributed by atoms with Gasteiger partial charge in [-0.2, -0.15) is 0 Å². The summed E-state index contributed by atoms with van der Waals surface area (Å²) in [5.74, 6) is 5.53. The number of halogens is 2. The van der Waals surface area contributed by atoms with Crippen molar-refractivity contribution in [3.8, 4) is 0 Å². The average molecular weight is 289 g/mol. The van der Waals surface area contributed by atoms with Crippen molar-refractivity contribution in [3.05, 3.63) is 44.9 Å². The van der Waals surface area contributed by atoms with Crippen LogP contribution in [0.3, 0.4) is 0 Å². The maximum absolute atomic E-state index is 6.11. The molecule has 0 aliphatic rings. The van der Waals surface area contributed by atoms with Crippen molar-refractivity contribution >= 4 is 34.7 Å². The van der Waals surface area contributed by atoms with Crippen molar-refractivity contribution in [3.63, 3.8) is 0 Å². The highest BCUT2D eigenvalue weighted by molar-refractivity contribution is 7.05. The van der Waals surface area contributed by atoms with E-state index in [1.807, 2.05) is 6.07 Å². The quantitative estimate of drug-likeness (QED) is 0.671. The van der Waals surface area contributed by atoms with Gasteiger partial charge in [0, 0.05) is 10.0 Å². The van der Waals surface area contributed by atoms with E-state index >= 15 is 0 Å². The molecule has 1 aromatic heterocycles. The lowest BCUT2D eigenvalue weighted by molar-refractivity contribution is 0.560. The molecule has 0 bridgehead atoms. The van der Waals surface area contributed by atoms with Crippen molar-refractivity contribution in [2.24, 2.45) is 5.84 Å². The molecule has 1 atom stereocenters. The van der Waals surface area contributed by atoms with Gasteiger partial charge in [-0.05, 0) is 35.6 Å². The first-order valence-corrected chi connectivity index (χ1v) is 6.41. The van der Waals surface area contributed by atoms with Crippen LogP contribution in [0.1, 0.15) is 16.5 Å². The van der Waals surface area contributed by atoms with Gasteiger partial charge in [-0.15, -0.1) is 5.10 Å². The molecule has 1 unspecified atom stereocenters. The Morgan fingerprint density at radius 1 is 1.35 bits per heavy atom. The summed E-state index contributed by atoms with van der Waals surface area (Å²) in [4.78, 5) is 0.948. The van der Waals surface area contributed by atoms with E-state index in [1.165, 1.54) is 11.5 Å². The molecule has 1 heterocycles. The number of hydrazine groups is 1. The molecule has 0 aliphatic heterocycles. The lowest BCUT2D eigenvalue weighted by Gasteiger charge is -2.15. The van der Waals surface area contributed by atoms with Gasteiger partial charge >= 0.3 is 0 Å². The number of nitrogens with one attached hydrogen (secondary N) is 1. The van der Waals surface area contributed by atoms with Crippen LogP contribution in [0.25, 0.3) is 0 Å². The van der Waals surface area contributed by atoms with Gasteiger partial charge in [0.05, 0.1) is 17.1 Å². The number of nitrogens with two attached hydrogens (primary N) is 1. The molecule has 0 radical (unpaired) electrons. The van der Waals surface area contributed by atoms with Crippen molar-refractivity contribution in [2.45, 2.75) is 12.5 Å². The minimum absolute atomic E-state index is 0.0904. The first-order chi connectivity index (χ1) is 8.22. The number of nitrogens with zero attached hydrogens (tertiary/aromatic N) is 2. The van der Waals surface area contributed by atoms with E-state index in [2.05, 4.69) is 15.0 Å². The summed E-state index contributed by atoms with van der Waals surface area (Å²) in [6, 6.07) is 5.34. The molecule has 2 rings (SSSR count). The number of aromatic nitrogens is 2. The molecule has 0 fully saturated rings. The molecule has 0 saturated carbocycles. The Kier molecular flexibility index (Phi) is 4.31. The van der Waals surface area contributed by atoms with Gasteiger partial charge < -0.3 is 0 Å². The van der Waals surface area contributed by atoms with E-state index in [-0.39, 0.29) is 6.04 Å². The third-order valence-corrected chi connectivity index (χ3v) is 3.88. The summed E-state index contributed by atoms with van der Waals surface area (Å²) in [5, 5.41) is 5.05. The van der Waals surface area contributed by atoms with E-state index in [9.17, 15) is 0 Å². The van der Waals surface area contributed by atoms with Gasteiger partial charge in [0.25, 0.3) is 0 Å². The third kappa shape index (κ3) is 2.94. The van der Waals surface area contributed by atoms with Crippen molar-refractivity contribution < 1.29 is 0 Å². The van der Waals surface area contributed by atoms with Crippen LogP contribution < -0.4 is 11.3 Å². The van der Waals surface area contributed by atoms with Gasteiger partial charge in [0.15, 0.2) is 0 Å². The Balaban J connectivity index is 2.25. The second-order valence-electron chi connectivity index (χ2n) is 3.44. The topological polar surface area (TPSA) is 63.8 Å². The molecule has 90 valence electrons. The van der Waals surface area contributed by atoms with Crippen LogP contribution in [-0.2, 0) is 6.42 Å². The Morgan fingerprint density at radius 3 is 2.59 bits per heavy atom. The van der Waals surface area contributed by atoms with Crippen LogP contribution in [0.5, 0.6) is 0 Å². The fourth-order valence-electron chi connectivity index (χ4n) is 1.50. The fourth-order valence-corrected chi connectivity index (χ4v) is 2.61. The van der Waals surface area contributed by atoms with Gasteiger partial charge in [-0.25, -0.2) is 0 Å². The largest absolute Gasteiger partial charge is 0.271 e. The van der Waals surface area contributed by atoms with Gasteiger partial charge in [-0.3, -0.25) is 11.3 Å². The maximum Gasteiger partial charge on any atom is 0.0670 e. The molecule has 0 spiro atoms. The zero-order valence-electron chi connectivity index (χ0n) is 8.73. The van der Waals surface area contributed by atoms with Crippen LogP contribution in [-0.4, -0.2) is 9.59 Å². The average Bonchev–Trinajstić information content (AvgIpc) is 2.82. The third-order valence-electron chi connectivity index (χ3n) is 2.39. The van der Waals surface area contributed by atoms with Crippen LogP contribution in [0, 0.1) is 0 Å². The maximum atomic E-state index is 6.11. The van der Waals surface area contributed by atoms with Gasteiger partial charge in [-0.1, -0.05) is 33.8 Å². The molecule has 17 heavy (non-hydrogen) atoms. The van der Waals surface area contributed by atoms with Crippen molar-refractivity contribution in [1.29, 1.82) is 0 Å². The first-order valence-electron chi connectivity index (χ1n) is 4.88. The van der Waals surface area contributed by atoms with Crippen molar-refractivity contribution in [1.82, 2.24) is 15.0 Å². The minimum atomic E-state index is -0.0904. The van der Waals surface area contributed by atoms with Gasteiger partial charge in [0.2, 0.25) is 0 Å². The fraction of sp³-hybridized carbons (Fsp3) is 0.200. The summed E-state index contributed by atoms with van der Waals surface area (Å²) < 4.78 is 3.81. The highest BCUT2D eigenvalue weighted by Gasteiger charge is 2.16. The molecule has 3 N–H and O–H groups in total. The van der Waals surface area contributed by atoms with Crippen LogP contribution in [0.2, 0.25) is 10.0 Å². The predicted molar refractivity (Wildman–Crippen MR) is 70.1 cm³/mol. The zero-order chi connectivity index (χ0) is 12.3. The van der Waals surface area contributed by atoms with E-state index in [4.69, 9.17) is 29.0 Å². The normalized spacial score (nSPS) is 12.6. The van der Waals surface area contributed by atoms with E-state index in [0.717, 1.165) is 10.4 Å². The number of benzene rings is 1.